The SMILES string of the molecule is C[C@@H]1[C@@H](O)[C@@H](O)[C@@]2(CO)C(CO)=CCC[C@@H]2[C@@]12C[C@@H](c1ccoc1)OC2=O. The van der Waals surface area contributed by atoms with E-state index in [2.05, 4.69) is 0 Å². The zero-order chi connectivity index (χ0) is 19.4. The third-order valence-corrected chi connectivity index (χ3v) is 7.36. The summed E-state index contributed by atoms with van der Waals surface area (Å²) in [6, 6.07) is 1.74. The topological polar surface area (TPSA) is 120 Å². The second kappa shape index (κ2) is 6.44. The van der Waals surface area contributed by atoms with Gasteiger partial charge in [-0.3, -0.25) is 4.79 Å². The van der Waals surface area contributed by atoms with Crippen LogP contribution in [0.3, 0.4) is 0 Å². The van der Waals surface area contributed by atoms with Gasteiger partial charge in [-0.25, -0.2) is 0 Å². The van der Waals surface area contributed by atoms with E-state index in [0.717, 1.165) is 5.56 Å². The summed E-state index contributed by atoms with van der Waals surface area (Å²) in [5.41, 5.74) is -1.09. The van der Waals surface area contributed by atoms with Crippen LogP contribution in [0.15, 0.2) is 34.7 Å². The Labute approximate surface area is 157 Å². The van der Waals surface area contributed by atoms with E-state index in [1.165, 1.54) is 12.5 Å². The molecule has 1 aromatic heterocycles. The van der Waals surface area contributed by atoms with Crippen LogP contribution in [-0.4, -0.2) is 51.8 Å². The number of cyclic esters (lactones) is 1. The van der Waals surface area contributed by atoms with Crippen LogP contribution < -0.4 is 0 Å². The minimum Gasteiger partial charge on any atom is -0.472 e. The first-order valence-corrected chi connectivity index (χ1v) is 9.44. The van der Waals surface area contributed by atoms with Gasteiger partial charge in [0.25, 0.3) is 0 Å². The molecular weight excluding hydrogens is 352 g/mol. The first kappa shape index (κ1) is 18.7. The molecule has 2 aliphatic carbocycles. The zero-order valence-corrected chi connectivity index (χ0v) is 15.2. The van der Waals surface area contributed by atoms with Gasteiger partial charge < -0.3 is 29.6 Å². The van der Waals surface area contributed by atoms with Gasteiger partial charge in [-0.05, 0) is 30.4 Å². The lowest BCUT2D eigenvalue weighted by Gasteiger charge is -2.60. The van der Waals surface area contributed by atoms with Crippen molar-refractivity contribution in [2.75, 3.05) is 13.2 Å². The molecule has 1 aromatic rings. The lowest BCUT2D eigenvalue weighted by Crippen LogP contribution is -2.67. The first-order valence-electron chi connectivity index (χ1n) is 9.44. The Bertz CT molecular complexity index is 742. The number of esters is 1. The van der Waals surface area contributed by atoms with E-state index >= 15 is 0 Å². The summed E-state index contributed by atoms with van der Waals surface area (Å²) in [4.78, 5) is 13.2. The molecular formula is C20H26O7. The molecule has 148 valence electrons. The van der Waals surface area contributed by atoms with Crippen molar-refractivity contribution < 1.29 is 34.4 Å². The van der Waals surface area contributed by atoms with Crippen molar-refractivity contribution in [1.82, 2.24) is 0 Å². The molecule has 2 heterocycles. The fourth-order valence-corrected chi connectivity index (χ4v) is 5.90. The Hall–Kier alpha value is -1.67. The van der Waals surface area contributed by atoms with Crippen LogP contribution >= 0.6 is 0 Å². The molecule has 27 heavy (non-hydrogen) atoms. The summed E-state index contributed by atoms with van der Waals surface area (Å²) in [7, 11) is 0. The van der Waals surface area contributed by atoms with E-state index in [1.807, 2.05) is 0 Å². The van der Waals surface area contributed by atoms with Crippen molar-refractivity contribution in [2.24, 2.45) is 22.7 Å². The lowest BCUT2D eigenvalue weighted by molar-refractivity contribution is -0.213. The highest BCUT2D eigenvalue weighted by atomic mass is 16.6. The summed E-state index contributed by atoms with van der Waals surface area (Å²) >= 11 is 0. The number of aliphatic hydroxyl groups is 4. The Kier molecular flexibility index (Phi) is 4.46. The van der Waals surface area contributed by atoms with Crippen LogP contribution in [-0.2, 0) is 9.53 Å². The number of hydrogen-bond acceptors (Lipinski definition) is 7. The summed E-state index contributed by atoms with van der Waals surface area (Å²) < 4.78 is 10.8. The predicted octanol–water partition coefficient (Wildman–Crippen LogP) is 0.933. The molecule has 0 radical (unpaired) electrons. The van der Waals surface area contributed by atoms with Gasteiger partial charge in [0.2, 0.25) is 0 Å². The zero-order valence-electron chi connectivity index (χ0n) is 15.2. The van der Waals surface area contributed by atoms with Gasteiger partial charge in [-0.2, -0.15) is 0 Å². The number of hydrogen-bond donors (Lipinski definition) is 4. The van der Waals surface area contributed by atoms with Crippen molar-refractivity contribution >= 4 is 5.97 Å². The van der Waals surface area contributed by atoms with Gasteiger partial charge in [-0.1, -0.05) is 13.0 Å². The predicted molar refractivity (Wildman–Crippen MR) is 93.2 cm³/mol. The highest BCUT2D eigenvalue weighted by Gasteiger charge is 2.71. The molecule has 7 atom stereocenters. The largest absolute Gasteiger partial charge is 0.472 e. The second-order valence-corrected chi connectivity index (χ2v) is 8.14. The molecule has 0 unspecified atom stereocenters. The average Bonchev–Trinajstić information content (AvgIpc) is 3.33. The normalized spacial score (nSPS) is 44.1. The van der Waals surface area contributed by atoms with Crippen LogP contribution in [0.5, 0.6) is 0 Å². The Balaban J connectivity index is 1.85. The third kappa shape index (κ3) is 2.26. The molecule has 1 spiro atoms. The lowest BCUT2D eigenvalue weighted by atomic mass is 9.44. The van der Waals surface area contributed by atoms with Crippen LogP contribution in [0.1, 0.15) is 37.9 Å². The maximum absolute atomic E-state index is 13.2. The second-order valence-electron chi connectivity index (χ2n) is 8.14. The minimum absolute atomic E-state index is 0.335. The summed E-state index contributed by atoms with van der Waals surface area (Å²) in [5, 5.41) is 42.0. The summed E-state index contributed by atoms with van der Waals surface area (Å²) in [6.45, 7) is 0.955. The molecule has 1 saturated heterocycles. The van der Waals surface area contributed by atoms with Gasteiger partial charge in [0.05, 0.1) is 43.4 Å². The Morgan fingerprint density at radius 3 is 2.70 bits per heavy atom. The quantitative estimate of drug-likeness (QED) is 0.456. The molecule has 1 aliphatic heterocycles. The Morgan fingerprint density at radius 1 is 1.30 bits per heavy atom. The van der Waals surface area contributed by atoms with E-state index in [4.69, 9.17) is 9.15 Å². The average molecular weight is 378 g/mol. The highest BCUT2D eigenvalue weighted by Crippen LogP contribution is 2.65. The number of carbonyl (C=O) groups excluding carboxylic acids is 1. The molecule has 7 heteroatoms. The van der Waals surface area contributed by atoms with Gasteiger partial charge in [-0.15, -0.1) is 0 Å². The van der Waals surface area contributed by atoms with Crippen LogP contribution in [0.25, 0.3) is 0 Å². The number of aliphatic hydroxyl groups excluding tert-OH is 4. The maximum atomic E-state index is 13.2. The smallest absolute Gasteiger partial charge is 0.313 e. The number of fused-ring (bicyclic) bond motifs is 2. The molecule has 0 bridgehead atoms. The van der Waals surface area contributed by atoms with E-state index in [9.17, 15) is 25.2 Å². The molecule has 1 saturated carbocycles. The number of rotatable bonds is 3. The van der Waals surface area contributed by atoms with Crippen LogP contribution in [0.2, 0.25) is 0 Å². The van der Waals surface area contributed by atoms with Crippen molar-refractivity contribution in [2.45, 2.75) is 44.5 Å². The highest BCUT2D eigenvalue weighted by molar-refractivity contribution is 5.81. The van der Waals surface area contributed by atoms with Gasteiger partial charge in [0.1, 0.15) is 6.10 Å². The monoisotopic (exact) mass is 378 g/mol. The fraction of sp³-hybridized carbons (Fsp3) is 0.650. The summed E-state index contributed by atoms with van der Waals surface area (Å²) in [6.07, 6.45) is 3.39. The summed E-state index contributed by atoms with van der Waals surface area (Å²) in [5.74, 6) is -1.42. The maximum Gasteiger partial charge on any atom is 0.313 e. The van der Waals surface area contributed by atoms with E-state index in [0.29, 0.717) is 24.8 Å². The molecule has 3 aliphatic rings. The van der Waals surface area contributed by atoms with Gasteiger partial charge >= 0.3 is 5.97 Å². The number of furan rings is 1. The van der Waals surface area contributed by atoms with Gasteiger partial charge in [0, 0.05) is 23.3 Å². The fourth-order valence-electron chi connectivity index (χ4n) is 5.90. The molecule has 0 aromatic carbocycles. The van der Waals surface area contributed by atoms with Gasteiger partial charge in [0.15, 0.2) is 0 Å². The van der Waals surface area contributed by atoms with Crippen LogP contribution in [0.4, 0.5) is 0 Å². The van der Waals surface area contributed by atoms with Crippen molar-refractivity contribution in [1.29, 1.82) is 0 Å². The minimum atomic E-state index is -1.27. The number of ether oxygens (including phenoxy) is 1. The number of carbonyl (C=O) groups is 1. The van der Waals surface area contributed by atoms with Crippen molar-refractivity contribution in [3.8, 4) is 0 Å². The van der Waals surface area contributed by atoms with E-state index < -0.39 is 53.6 Å². The van der Waals surface area contributed by atoms with Crippen molar-refractivity contribution in [3.63, 3.8) is 0 Å². The van der Waals surface area contributed by atoms with E-state index in [1.54, 1.807) is 19.1 Å². The molecule has 0 amide bonds. The Morgan fingerprint density at radius 2 is 2.07 bits per heavy atom. The molecule has 4 rings (SSSR count). The third-order valence-electron chi connectivity index (χ3n) is 7.36. The molecule has 7 nitrogen and oxygen atoms in total. The standard InChI is InChI=1S/C20H26O7/c1-11-16(23)17(24)20(10-22)13(8-21)3-2-4-15(20)19(11)7-14(27-18(19)25)12-5-6-26-9-12/h3,5-6,9,11,14-17,21-24H,2,4,7-8,10H2,1H3/t11-,14+,15-,16-,17-,19-,20+/m1/s1. The molecule has 4 N–H and O–H groups in total. The first-order chi connectivity index (χ1) is 12.9. The van der Waals surface area contributed by atoms with E-state index in [-0.39, 0.29) is 6.61 Å². The number of allylic oxidation sites excluding steroid dienone is 1. The molecule has 2 fully saturated rings. The van der Waals surface area contributed by atoms with Crippen LogP contribution in [0, 0.1) is 22.7 Å². The van der Waals surface area contributed by atoms with Crippen molar-refractivity contribution in [3.05, 3.63) is 35.8 Å².